The molecule has 0 saturated heterocycles. The molecule has 3 aromatic carbocycles. The zero-order valence-corrected chi connectivity index (χ0v) is 28.8. The quantitative estimate of drug-likeness (QED) is 0.223. The molecule has 48 heavy (non-hydrogen) atoms. The number of nitrogens with two attached hydrogens (primary N) is 1. The second-order valence-electron chi connectivity index (χ2n) is 14.3. The molecule has 9 heteroatoms. The van der Waals surface area contributed by atoms with E-state index in [0.29, 0.717) is 12.2 Å². The predicted molar refractivity (Wildman–Crippen MR) is 191 cm³/mol. The van der Waals surface area contributed by atoms with Gasteiger partial charge in [-0.1, -0.05) is 69.3 Å². The standard InChI is InChI=1S/C39H48N6O3/c1-39(2,3)36-23-35(43(4)42-36)37(46)41-33-22-29(13-18-34(33)44-20-19-27-10-6-7-11-30(27)25-44)28-12-8-9-26(21-28)24-45(38(47)48-5)32-16-14-31(40)15-17-32/h6-13,18,21-23,31-32H,14-17,19-20,24-25,40H2,1-5H3,(H,41,46). The number of aryl methyl sites for hydroxylation is 1. The number of fused-ring (bicyclic) bond motifs is 1. The molecule has 1 aromatic heterocycles. The molecule has 252 valence electrons. The lowest BCUT2D eigenvalue weighted by Crippen LogP contribution is -2.43. The summed E-state index contributed by atoms with van der Waals surface area (Å²) in [6.07, 6.45) is 4.16. The lowest BCUT2D eigenvalue weighted by molar-refractivity contribution is 0.0879. The van der Waals surface area contributed by atoms with E-state index in [1.807, 2.05) is 30.1 Å². The van der Waals surface area contributed by atoms with Crippen LogP contribution < -0.4 is 16.0 Å². The Bertz CT molecular complexity index is 1780. The van der Waals surface area contributed by atoms with E-state index in [0.717, 1.165) is 79.0 Å². The maximum Gasteiger partial charge on any atom is 0.410 e. The van der Waals surface area contributed by atoms with Crippen LogP contribution in [0, 0.1) is 0 Å². The third kappa shape index (κ3) is 7.26. The zero-order chi connectivity index (χ0) is 34.0. The molecular formula is C39H48N6O3. The van der Waals surface area contributed by atoms with Crippen molar-refractivity contribution in [3.63, 3.8) is 0 Å². The Hall–Kier alpha value is -4.63. The van der Waals surface area contributed by atoms with Crippen LogP contribution in [0.3, 0.4) is 0 Å². The topological polar surface area (TPSA) is 106 Å². The number of carbonyl (C=O) groups is 2. The number of anilines is 2. The molecule has 1 fully saturated rings. The Morgan fingerprint density at radius 3 is 2.40 bits per heavy atom. The van der Waals surface area contributed by atoms with E-state index >= 15 is 0 Å². The molecule has 0 atom stereocenters. The molecule has 3 N–H and O–H groups in total. The van der Waals surface area contributed by atoms with Crippen molar-refractivity contribution >= 4 is 23.4 Å². The number of nitrogens with zero attached hydrogens (tertiary/aromatic N) is 4. The minimum Gasteiger partial charge on any atom is -0.453 e. The molecule has 2 aliphatic rings. The van der Waals surface area contributed by atoms with Crippen molar-refractivity contribution in [2.45, 2.75) is 83.5 Å². The number of methoxy groups -OCH3 is 1. The van der Waals surface area contributed by atoms with Crippen LogP contribution in [0.1, 0.15) is 79.3 Å². The number of amides is 2. The molecule has 1 saturated carbocycles. The average Bonchev–Trinajstić information content (AvgIpc) is 3.49. The Morgan fingerprint density at radius 2 is 1.69 bits per heavy atom. The fourth-order valence-corrected chi connectivity index (χ4v) is 6.94. The van der Waals surface area contributed by atoms with Gasteiger partial charge in [0.1, 0.15) is 5.69 Å². The van der Waals surface area contributed by atoms with Crippen LogP contribution in [0.25, 0.3) is 11.1 Å². The van der Waals surface area contributed by atoms with E-state index in [1.54, 1.807) is 4.68 Å². The third-order valence-electron chi connectivity index (χ3n) is 9.80. The first kappa shape index (κ1) is 33.3. The van der Waals surface area contributed by atoms with Crippen molar-refractivity contribution in [3.05, 3.63) is 101 Å². The van der Waals surface area contributed by atoms with Gasteiger partial charge in [0, 0.05) is 44.2 Å². The Morgan fingerprint density at radius 1 is 0.958 bits per heavy atom. The minimum atomic E-state index is -0.317. The minimum absolute atomic E-state index is 0.0995. The maximum atomic E-state index is 13.8. The van der Waals surface area contributed by atoms with E-state index < -0.39 is 0 Å². The van der Waals surface area contributed by atoms with Crippen LogP contribution in [0.5, 0.6) is 0 Å². The summed E-state index contributed by atoms with van der Waals surface area (Å²) in [5.74, 6) is -0.203. The van der Waals surface area contributed by atoms with Crippen molar-refractivity contribution in [1.29, 1.82) is 0 Å². The summed E-state index contributed by atoms with van der Waals surface area (Å²) in [6.45, 7) is 8.35. The normalized spacial score (nSPS) is 17.8. The number of ether oxygens (including phenoxy) is 1. The van der Waals surface area contributed by atoms with Gasteiger partial charge in [0.25, 0.3) is 5.91 Å². The van der Waals surface area contributed by atoms with Gasteiger partial charge in [0.2, 0.25) is 0 Å². The van der Waals surface area contributed by atoms with Crippen molar-refractivity contribution in [2.75, 3.05) is 23.9 Å². The van der Waals surface area contributed by atoms with Gasteiger partial charge in [-0.25, -0.2) is 4.79 Å². The van der Waals surface area contributed by atoms with Gasteiger partial charge in [-0.05, 0) is 84.2 Å². The van der Waals surface area contributed by atoms with Gasteiger partial charge in [-0.15, -0.1) is 0 Å². The molecule has 4 aromatic rings. The Kier molecular flexibility index (Phi) is 9.60. The van der Waals surface area contributed by atoms with Gasteiger partial charge in [-0.3, -0.25) is 9.48 Å². The first-order valence-corrected chi connectivity index (χ1v) is 17.0. The number of hydrogen-bond donors (Lipinski definition) is 2. The van der Waals surface area contributed by atoms with Crippen molar-refractivity contribution in [1.82, 2.24) is 14.7 Å². The molecule has 0 spiro atoms. The number of hydrogen-bond acceptors (Lipinski definition) is 6. The van der Waals surface area contributed by atoms with E-state index in [1.165, 1.54) is 18.2 Å². The summed E-state index contributed by atoms with van der Waals surface area (Å²) in [7, 11) is 3.25. The lowest BCUT2D eigenvalue weighted by atomic mass is 9.90. The van der Waals surface area contributed by atoms with Crippen LogP contribution in [0.15, 0.2) is 72.8 Å². The highest BCUT2D eigenvalue weighted by Gasteiger charge is 2.29. The number of carbonyl (C=O) groups excluding carboxylic acids is 2. The monoisotopic (exact) mass is 648 g/mol. The maximum absolute atomic E-state index is 13.8. The predicted octanol–water partition coefficient (Wildman–Crippen LogP) is 7.04. The van der Waals surface area contributed by atoms with Gasteiger partial charge >= 0.3 is 6.09 Å². The van der Waals surface area contributed by atoms with E-state index in [-0.39, 0.29) is 29.5 Å². The molecule has 0 unspecified atom stereocenters. The summed E-state index contributed by atoms with van der Waals surface area (Å²) in [6, 6.07) is 25.3. The highest BCUT2D eigenvalue weighted by Crippen LogP contribution is 2.36. The molecule has 1 aliphatic heterocycles. The summed E-state index contributed by atoms with van der Waals surface area (Å²) in [5.41, 5.74) is 14.7. The lowest BCUT2D eigenvalue weighted by Gasteiger charge is -2.35. The molecule has 1 aliphatic carbocycles. The number of aromatic nitrogens is 2. The zero-order valence-electron chi connectivity index (χ0n) is 28.8. The third-order valence-corrected chi connectivity index (χ3v) is 9.80. The summed E-state index contributed by atoms with van der Waals surface area (Å²) < 4.78 is 6.85. The fraction of sp³-hybridized carbons (Fsp3) is 0.410. The van der Waals surface area contributed by atoms with Crippen LogP contribution in [0.2, 0.25) is 0 Å². The molecule has 2 heterocycles. The molecule has 9 nitrogen and oxygen atoms in total. The summed E-state index contributed by atoms with van der Waals surface area (Å²) >= 11 is 0. The van der Waals surface area contributed by atoms with Gasteiger partial charge in [0.05, 0.1) is 24.2 Å². The molecule has 2 amide bonds. The van der Waals surface area contributed by atoms with E-state index in [9.17, 15) is 9.59 Å². The second kappa shape index (κ2) is 13.8. The number of nitrogens with one attached hydrogen (secondary N) is 1. The molecule has 0 bridgehead atoms. The Balaban J connectivity index is 1.32. The smallest absolute Gasteiger partial charge is 0.410 e. The van der Waals surface area contributed by atoms with Gasteiger partial charge < -0.3 is 25.6 Å². The van der Waals surface area contributed by atoms with Gasteiger partial charge in [-0.2, -0.15) is 5.10 Å². The molecular weight excluding hydrogens is 600 g/mol. The summed E-state index contributed by atoms with van der Waals surface area (Å²) in [5, 5.41) is 7.90. The molecule has 6 rings (SSSR count). The summed E-state index contributed by atoms with van der Waals surface area (Å²) in [4.78, 5) is 30.9. The first-order valence-electron chi connectivity index (χ1n) is 17.0. The van der Waals surface area contributed by atoms with Crippen LogP contribution >= 0.6 is 0 Å². The van der Waals surface area contributed by atoms with Crippen LogP contribution in [-0.4, -0.2) is 52.4 Å². The van der Waals surface area contributed by atoms with Crippen molar-refractivity contribution in [3.8, 4) is 11.1 Å². The van der Waals surface area contributed by atoms with Crippen LogP contribution in [-0.2, 0) is 36.7 Å². The highest BCUT2D eigenvalue weighted by molar-refractivity contribution is 6.05. The first-order chi connectivity index (χ1) is 23.0. The fourth-order valence-electron chi connectivity index (χ4n) is 6.94. The number of benzene rings is 3. The van der Waals surface area contributed by atoms with E-state index in [4.69, 9.17) is 10.5 Å². The van der Waals surface area contributed by atoms with E-state index in [2.05, 4.69) is 90.7 Å². The average molecular weight is 649 g/mol. The van der Waals surface area contributed by atoms with Crippen molar-refractivity contribution in [2.24, 2.45) is 12.8 Å². The van der Waals surface area contributed by atoms with Crippen molar-refractivity contribution < 1.29 is 14.3 Å². The van der Waals surface area contributed by atoms with Crippen LogP contribution in [0.4, 0.5) is 16.2 Å². The number of rotatable bonds is 7. The largest absolute Gasteiger partial charge is 0.453 e. The second-order valence-corrected chi connectivity index (χ2v) is 14.3. The highest BCUT2D eigenvalue weighted by atomic mass is 16.5. The van der Waals surface area contributed by atoms with Gasteiger partial charge in [0.15, 0.2) is 0 Å². The molecule has 0 radical (unpaired) electrons. The SMILES string of the molecule is COC(=O)N(Cc1cccc(-c2ccc(N3CCc4ccccc4C3)c(NC(=O)c3cc(C(C)(C)C)nn3C)c2)c1)C1CCC(N)CC1. The Labute approximate surface area is 284 Å².